The minimum Gasteiger partial charge on any atom is -0.295 e. The van der Waals surface area contributed by atoms with Gasteiger partial charge in [-0.15, -0.1) is 0 Å². The van der Waals surface area contributed by atoms with E-state index in [2.05, 4.69) is 4.90 Å². The van der Waals surface area contributed by atoms with Gasteiger partial charge in [-0.2, -0.15) is 0 Å². The average molecular weight is 323 g/mol. The fraction of sp³-hybridized carbons (Fsp3) is 0.300. The monoisotopic (exact) mass is 323 g/mol. The minimum atomic E-state index is -0.451. The Morgan fingerprint density at radius 1 is 1.17 bits per heavy atom. The van der Waals surface area contributed by atoms with Crippen molar-refractivity contribution in [1.82, 2.24) is 4.90 Å². The average Bonchev–Trinajstić information content (AvgIpc) is 3.26. The molecule has 0 amide bonds. The highest BCUT2D eigenvalue weighted by Gasteiger charge is 2.43. The molecule has 0 radical (unpaired) electrons. The highest BCUT2D eigenvalue weighted by Crippen LogP contribution is 2.49. The molecule has 1 aliphatic carbocycles. The van der Waals surface area contributed by atoms with Gasteiger partial charge in [0, 0.05) is 13.1 Å². The summed E-state index contributed by atoms with van der Waals surface area (Å²) in [5, 5.41) is 0. The molecule has 2 aromatic rings. The van der Waals surface area contributed by atoms with Crippen molar-refractivity contribution in [3.63, 3.8) is 0 Å². The van der Waals surface area contributed by atoms with Gasteiger partial charge in [-0.1, -0.05) is 36.4 Å². The van der Waals surface area contributed by atoms with Gasteiger partial charge in [0.25, 0.3) is 0 Å². The van der Waals surface area contributed by atoms with Gasteiger partial charge in [-0.25, -0.2) is 4.39 Å². The van der Waals surface area contributed by atoms with Crippen LogP contribution in [0.15, 0.2) is 48.5 Å². The first kappa shape index (κ1) is 15.2. The van der Waals surface area contributed by atoms with Crippen LogP contribution >= 0.6 is 0 Å². The lowest BCUT2D eigenvalue weighted by Gasteiger charge is -2.22. The van der Waals surface area contributed by atoms with Gasteiger partial charge in [0.1, 0.15) is 11.9 Å². The van der Waals surface area contributed by atoms with Gasteiger partial charge in [0.05, 0.1) is 0 Å². The molecule has 1 aliphatic heterocycles. The molecule has 3 unspecified atom stereocenters. The van der Waals surface area contributed by atoms with E-state index in [-0.39, 0.29) is 11.6 Å². The molecule has 2 aromatic carbocycles. The maximum Gasteiger partial charge on any atom is 0.216 e. The number of rotatable bonds is 5. The summed E-state index contributed by atoms with van der Waals surface area (Å²) < 4.78 is 13.0. The Bertz CT molecular complexity index is 786. The molecule has 122 valence electrons. The van der Waals surface area contributed by atoms with E-state index in [1.165, 1.54) is 12.1 Å². The van der Waals surface area contributed by atoms with Crippen LogP contribution in [0.3, 0.4) is 0 Å². The Morgan fingerprint density at radius 2 is 1.92 bits per heavy atom. The van der Waals surface area contributed by atoms with Gasteiger partial charge in [0.2, 0.25) is 5.78 Å². The summed E-state index contributed by atoms with van der Waals surface area (Å²) in [7, 11) is 0. The summed E-state index contributed by atoms with van der Waals surface area (Å²) in [5.74, 6) is 0.273. The van der Waals surface area contributed by atoms with E-state index in [4.69, 9.17) is 0 Å². The van der Waals surface area contributed by atoms with Crippen molar-refractivity contribution in [2.75, 3.05) is 6.54 Å². The van der Waals surface area contributed by atoms with Crippen LogP contribution in [-0.2, 0) is 16.1 Å². The summed E-state index contributed by atoms with van der Waals surface area (Å²) >= 11 is 0. The normalized spacial score (nSPS) is 25.3. The van der Waals surface area contributed by atoms with Gasteiger partial charge in [-0.3, -0.25) is 14.5 Å². The first-order valence-corrected chi connectivity index (χ1v) is 8.23. The second kappa shape index (κ2) is 5.95. The van der Waals surface area contributed by atoms with E-state index >= 15 is 0 Å². The van der Waals surface area contributed by atoms with Crippen LogP contribution in [0.2, 0.25) is 0 Å². The molecule has 3 nitrogen and oxygen atoms in total. The van der Waals surface area contributed by atoms with Crippen LogP contribution in [-0.4, -0.2) is 23.5 Å². The molecule has 4 heteroatoms. The molecule has 2 aliphatic rings. The molecule has 1 heterocycles. The summed E-state index contributed by atoms with van der Waals surface area (Å²) in [6, 6.07) is 14.0. The number of benzene rings is 2. The highest BCUT2D eigenvalue weighted by atomic mass is 19.1. The number of hydrogen-bond donors (Lipinski definition) is 0. The zero-order valence-electron chi connectivity index (χ0n) is 13.2. The predicted molar refractivity (Wildman–Crippen MR) is 87.9 cm³/mol. The molecule has 1 saturated carbocycles. The van der Waals surface area contributed by atoms with E-state index in [0.717, 1.165) is 29.7 Å². The van der Waals surface area contributed by atoms with Crippen LogP contribution < -0.4 is 0 Å². The third-order valence-corrected chi connectivity index (χ3v) is 5.16. The Labute approximate surface area is 140 Å². The van der Waals surface area contributed by atoms with Crippen molar-refractivity contribution in [1.29, 1.82) is 0 Å². The van der Waals surface area contributed by atoms with Crippen LogP contribution in [0.5, 0.6) is 0 Å². The molecular weight excluding hydrogens is 305 g/mol. The molecule has 0 saturated heterocycles. The van der Waals surface area contributed by atoms with Crippen LogP contribution in [0.1, 0.15) is 35.1 Å². The molecule has 1 fully saturated rings. The van der Waals surface area contributed by atoms with Crippen LogP contribution in [0, 0.1) is 11.7 Å². The molecule has 3 atom stereocenters. The Balaban J connectivity index is 1.50. The van der Waals surface area contributed by atoms with Crippen LogP contribution in [0.4, 0.5) is 4.39 Å². The maximum absolute atomic E-state index is 13.0. The number of carbonyl (C=O) groups excluding carboxylic acids is 2. The summed E-state index contributed by atoms with van der Waals surface area (Å²) in [6.07, 6.45) is 1.48. The Morgan fingerprint density at radius 3 is 2.67 bits per heavy atom. The van der Waals surface area contributed by atoms with E-state index < -0.39 is 6.04 Å². The molecular formula is C20H18FNO2. The van der Waals surface area contributed by atoms with Crippen molar-refractivity contribution >= 4 is 12.1 Å². The van der Waals surface area contributed by atoms with Crippen molar-refractivity contribution in [2.45, 2.75) is 24.9 Å². The number of ketones is 1. The first-order chi connectivity index (χ1) is 11.7. The lowest BCUT2D eigenvalue weighted by Crippen LogP contribution is -2.31. The number of fused-ring (bicyclic) bond motifs is 1. The minimum absolute atomic E-state index is 0.220. The van der Waals surface area contributed by atoms with E-state index in [9.17, 15) is 14.0 Å². The van der Waals surface area contributed by atoms with E-state index in [1.807, 2.05) is 36.4 Å². The number of hydrogen-bond acceptors (Lipinski definition) is 3. The molecule has 4 rings (SSSR count). The van der Waals surface area contributed by atoms with Crippen molar-refractivity contribution < 1.29 is 14.0 Å². The second-order valence-electron chi connectivity index (χ2n) is 6.70. The largest absolute Gasteiger partial charge is 0.295 e. The summed E-state index contributed by atoms with van der Waals surface area (Å²) in [4.78, 5) is 25.3. The molecule has 0 aromatic heterocycles. The topological polar surface area (TPSA) is 37.4 Å². The standard InChI is InChI=1S/C20H18FNO2/c21-16-7-5-13(6-8-16)18-9-15(18)11-22-10-14-3-1-2-4-17(14)20(22)19(24)12-23/h1-8,12,15,18,20H,9-11H2. The van der Waals surface area contributed by atoms with Crippen molar-refractivity contribution in [3.05, 3.63) is 71.0 Å². The molecule has 0 bridgehead atoms. The predicted octanol–water partition coefficient (Wildman–Crippen LogP) is 3.25. The third kappa shape index (κ3) is 2.67. The van der Waals surface area contributed by atoms with Gasteiger partial charge in [0.15, 0.2) is 6.29 Å². The smallest absolute Gasteiger partial charge is 0.216 e. The fourth-order valence-electron chi connectivity index (χ4n) is 3.89. The molecule has 24 heavy (non-hydrogen) atoms. The number of Topliss-reactive ketones (excluding diaryl/α,β-unsaturated/α-hetero) is 1. The molecule has 0 N–H and O–H groups in total. The lowest BCUT2D eigenvalue weighted by molar-refractivity contribution is -0.133. The Kier molecular flexibility index (Phi) is 3.77. The molecule has 0 spiro atoms. The van der Waals surface area contributed by atoms with Crippen LogP contribution in [0.25, 0.3) is 0 Å². The number of halogens is 1. The fourth-order valence-corrected chi connectivity index (χ4v) is 3.89. The quantitative estimate of drug-likeness (QED) is 0.626. The van der Waals surface area contributed by atoms with Crippen molar-refractivity contribution in [2.24, 2.45) is 5.92 Å². The maximum atomic E-state index is 13.0. The summed E-state index contributed by atoms with van der Waals surface area (Å²) in [6.45, 7) is 1.48. The number of aldehydes is 1. The zero-order chi connectivity index (χ0) is 16.7. The highest BCUT2D eigenvalue weighted by molar-refractivity contribution is 6.27. The second-order valence-corrected chi connectivity index (χ2v) is 6.70. The number of carbonyl (C=O) groups is 2. The van der Waals surface area contributed by atoms with E-state index in [1.54, 1.807) is 0 Å². The SMILES string of the molecule is O=CC(=O)C1c2ccccc2CN1CC1CC1c1ccc(F)cc1. The van der Waals surface area contributed by atoms with Gasteiger partial charge in [-0.05, 0) is 47.1 Å². The number of nitrogens with zero attached hydrogens (tertiary/aromatic N) is 1. The van der Waals surface area contributed by atoms with E-state index in [0.29, 0.717) is 24.7 Å². The summed E-state index contributed by atoms with van der Waals surface area (Å²) in [5.41, 5.74) is 3.22. The first-order valence-electron chi connectivity index (χ1n) is 8.23. The van der Waals surface area contributed by atoms with Gasteiger partial charge >= 0.3 is 0 Å². The zero-order valence-corrected chi connectivity index (χ0v) is 13.2. The lowest BCUT2D eigenvalue weighted by atomic mass is 10.0. The third-order valence-electron chi connectivity index (χ3n) is 5.16. The van der Waals surface area contributed by atoms with Gasteiger partial charge < -0.3 is 0 Å². The van der Waals surface area contributed by atoms with Crippen molar-refractivity contribution in [3.8, 4) is 0 Å². The Hall–Kier alpha value is -2.33.